The Bertz CT molecular complexity index is 1110. The quantitative estimate of drug-likeness (QED) is 0.538. The van der Waals surface area contributed by atoms with E-state index in [4.69, 9.17) is 11.6 Å². The second-order valence-corrected chi connectivity index (χ2v) is 8.77. The minimum atomic E-state index is -3.39. The van der Waals surface area contributed by atoms with Gasteiger partial charge >= 0.3 is 0 Å². The summed E-state index contributed by atoms with van der Waals surface area (Å²) < 4.78 is 28.9. The number of halogens is 1. The maximum absolute atomic E-state index is 12.3. The number of hydrogen-bond donors (Lipinski definition) is 3. The van der Waals surface area contributed by atoms with Gasteiger partial charge < -0.3 is 10.6 Å². The van der Waals surface area contributed by atoms with Gasteiger partial charge in [-0.3, -0.25) is 9.40 Å². The Kier molecular flexibility index (Phi) is 4.82. The van der Waals surface area contributed by atoms with Crippen LogP contribution >= 0.6 is 11.6 Å². The van der Waals surface area contributed by atoms with Crippen LogP contribution in [0.15, 0.2) is 42.7 Å². The fourth-order valence-corrected chi connectivity index (χ4v) is 4.08. The summed E-state index contributed by atoms with van der Waals surface area (Å²) >= 11 is 6.23. The van der Waals surface area contributed by atoms with E-state index >= 15 is 0 Å². The molecule has 0 amide bonds. The maximum atomic E-state index is 12.3. The van der Waals surface area contributed by atoms with Crippen molar-refractivity contribution in [2.24, 2.45) is 7.05 Å². The van der Waals surface area contributed by atoms with Gasteiger partial charge in [0.1, 0.15) is 5.02 Å². The third kappa shape index (κ3) is 4.18. The molecule has 2 aromatic heterocycles. The maximum Gasteiger partial charge on any atom is 0.235 e. The van der Waals surface area contributed by atoms with E-state index in [1.165, 1.54) is 6.20 Å². The summed E-state index contributed by atoms with van der Waals surface area (Å²) in [6.07, 6.45) is 4.62. The zero-order valence-corrected chi connectivity index (χ0v) is 16.5. The molecular weight excluding hydrogens is 402 g/mol. The van der Waals surface area contributed by atoms with Gasteiger partial charge in [-0.25, -0.2) is 13.4 Å². The van der Waals surface area contributed by atoms with Gasteiger partial charge in [0, 0.05) is 19.3 Å². The summed E-state index contributed by atoms with van der Waals surface area (Å²) in [6.45, 7) is 0. The van der Waals surface area contributed by atoms with Crippen molar-refractivity contribution in [1.29, 1.82) is 0 Å². The molecule has 0 bridgehead atoms. The third-order valence-electron chi connectivity index (χ3n) is 4.09. The van der Waals surface area contributed by atoms with Gasteiger partial charge in [-0.15, -0.1) is 0 Å². The molecule has 1 fully saturated rings. The number of sulfonamides is 1. The molecule has 9 nitrogen and oxygen atoms in total. The molecule has 1 aliphatic rings. The molecule has 1 aliphatic carbocycles. The molecule has 0 aliphatic heterocycles. The van der Waals surface area contributed by atoms with Gasteiger partial charge in [-0.05, 0) is 25.0 Å². The van der Waals surface area contributed by atoms with E-state index in [0.29, 0.717) is 46.8 Å². The first-order chi connectivity index (χ1) is 13.4. The second kappa shape index (κ2) is 7.28. The van der Waals surface area contributed by atoms with E-state index in [0.717, 1.165) is 0 Å². The van der Waals surface area contributed by atoms with Gasteiger partial charge in [0.05, 0.1) is 22.8 Å². The molecule has 1 aromatic carbocycles. The highest BCUT2D eigenvalue weighted by molar-refractivity contribution is 7.93. The van der Waals surface area contributed by atoms with Crippen molar-refractivity contribution in [2.45, 2.75) is 18.1 Å². The van der Waals surface area contributed by atoms with Crippen molar-refractivity contribution < 1.29 is 8.42 Å². The molecule has 3 aromatic rings. The van der Waals surface area contributed by atoms with Crippen LogP contribution in [0.2, 0.25) is 5.02 Å². The van der Waals surface area contributed by atoms with Crippen LogP contribution in [0.5, 0.6) is 0 Å². The normalized spacial score (nSPS) is 13.9. The van der Waals surface area contributed by atoms with Gasteiger partial charge in [0.2, 0.25) is 16.0 Å². The summed E-state index contributed by atoms with van der Waals surface area (Å²) in [5.41, 5.74) is 0.972. The van der Waals surface area contributed by atoms with E-state index < -0.39 is 10.0 Å². The minimum absolute atomic E-state index is 0.298. The number of hydrogen-bond acceptors (Lipinski definition) is 7. The Balaban J connectivity index is 1.58. The summed E-state index contributed by atoms with van der Waals surface area (Å²) in [4.78, 5) is 8.51. The van der Waals surface area contributed by atoms with Crippen LogP contribution in [0, 0.1) is 0 Å². The molecule has 3 N–H and O–H groups in total. The smallest absolute Gasteiger partial charge is 0.235 e. The lowest BCUT2D eigenvalue weighted by atomic mass is 10.2. The molecule has 0 radical (unpaired) electrons. The van der Waals surface area contributed by atoms with Crippen LogP contribution in [0.1, 0.15) is 12.8 Å². The molecular formula is C17H18ClN7O2S. The third-order valence-corrected chi connectivity index (χ3v) is 6.22. The Morgan fingerprint density at radius 1 is 1.14 bits per heavy atom. The number of anilines is 5. The average Bonchev–Trinajstić information content (AvgIpc) is 3.44. The van der Waals surface area contributed by atoms with E-state index in [1.807, 2.05) is 0 Å². The summed E-state index contributed by atoms with van der Waals surface area (Å²) in [5, 5.41) is 10.3. The summed E-state index contributed by atoms with van der Waals surface area (Å²) in [5.74, 6) is 1.24. The zero-order chi connectivity index (χ0) is 19.7. The monoisotopic (exact) mass is 419 g/mol. The van der Waals surface area contributed by atoms with Crippen LogP contribution in [0.4, 0.5) is 29.0 Å². The van der Waals surface area contributed by atoms with Crippen molar-refractivity contribution >= 4 is 50.6 Å². The highest BCUT2D eigenvalue weighted by atomic mass is 35.5. The molecule has 0 atom stereocenters. The first-order valence-corrected chi connectivity index (χ1v) is 10.5. The number of nitrogens with zero attached hydrogens (tertiary/aromatic N) is 4. The fourth-order valence-electron chi connectivity index (χ4n) is 2.53. The lowest BCUT2D eigenvalue weighted by Gasteiger charge is -2.14. The number of aryl methyl sites for hydroxylation is 1. The molecule has 4 rings (SSSR count). The topological polar surface area (TPSA) is 114 Å². The van der Waals surface area contributed by atoms with Crippen LogP contribution < -0.4 is 15.4 Å². The van der Waals surface area contributed by atoms with Gasteiger partial charge in [-0.1, -0.05) is 23.7 Å². The molecule has 0 unspecified atom stereocenters. The van der Waals surface area contributed by atoms with Gasteiger partial charge in [0.15, 0.2) is 11.6 Å². The first-order valence-electron chi connectivity index (χ1n) is 8.57. The highest BCUT2D eigenvalue weighted by Crippen LogP contribution is 2.33. The van der Waals surface area contributed by atoms with E-state index in [1.54, 1.807) is 48.3 Å². The number of rotatable bonds is 7. The van der Waals surface area contributed by atoms with Crippen molar-refractivity contribution in [1.82, 2.24) is 19.7 Å². The van der Waals surface area contributed by atoms with Crippen LogP contribution in [0.3, 0.4) is 0 Å². The molecule has 0 spiro atoms. The minimum Gasteiger partial charge on any atom is -0.337 e. The standard InChI is InChI=1S/C17H18ClN7O2S/c1-25-9-8-15(23-25)21-17-19-10-12(18)16(22-17)20-13-4-2-3-5-14(13)24-28(26,27)11-6-7-11/h2-5,8-11,24H,6-7H2,1H3,(H2,19,20,21,22,23). The zero-order valence-electron chi connectivity index (χ0n) is 14.9. The first kappa shape index (κ1) is 18.5. The lowest BCUT2D eigenvalue weighted by molar-refractivity contribution is 0.600. The molecule has 146 valence electrons. The Morgan fingerprint density at radius 2 is 1.89 bits per heavy atom. The second-order valence-electron chi connectivity index (χ2n) is 6.41. The highest BCUT2D eigenvalue weighted by Gasteiger charge is 2.36. The summed E-state index contributed by atoms with van der Waals surface area (Å²) in [7, 11) is -1.58. The van der Waals surface area contributed by atoms with Crippen LogP contribution in [-0.2, 0) is 17.1 Å². The van der Waals surface area contributed by atoms with Gasteiger partial charge in [-0.2, -0.15) is 10.1 Å². The van der Waals surface area contributed by atoms with Crippen LogP contribution in [0.25, 0.3) is 0 Å². The van der Waals surface area contributed by atoms with Gasteiger partial charge in [0.25, 0.3) is 0 Å². The van der Waals surface area contributed by atoms with Crippen molar-refractivity contribution in [3.63, 3.8) is 0 Å². The molecule has 11 heteroatoms. The molecule has 1 saturated carbocycles. The SMILES string of the molecule is Cn1ccc(Nc2ncc(Cl)c(Nc3ccccc3NS(=O)(=O)C3CC3)n2)n1. The van der Waals surface area contributed by atoms with Crippen molar-refractivity contribution in [3.05, 3.63) is 47.7 Å². The number of aromatic nitrogens is 4. The number of para-hydroxylation sites is 2. The number of benzene rings is 1. The molecule has 2 heterocycles. The molecule has 0 saturated heterocycles. The predicted octanol–water partition coefficient (Wildman–Crippen LogP) is 3.25. The Hall–Kier alpha value is -2.85. The fraction of sp³-hybridized carbons (Fsp3) is 0.235. The lowest BCUT2D eigenvalue weighted by Crippen LogP contribution is -2.18. The summed E-state index contributed by atoms with van der Waals surface area (Å²) in [6, 6.07) is 8.76. The Labute approximate surface area is 167 Å². The largest absolute Gasteiger partial charge is 0.337 e. The van der Waals surface area contributed by atoms with E-state index in [2.05, 4.69) is 30.4 Å². The van der Waals surface area contributed by atoms with Crippen molar-refractivity contribution in [2.75, 3.05) is 15.4 Å². The molecule has 28 heavy (non-hydrogen) atoms. The predicted molar refractivity (Wildman–Crippen MR) is 109 cm³/mol. The average molecular weight is 420 g/mol. The number of nitrogens with one attached hydrogen (secondary N) is 3. The van der Waals surface area contributed by atoms with Crippen molar-refractivity contribution in [3.8, 4) is 0 Å². The van der Waals surface area contributed by atoms with E-state index in [-0.39, 0.29) is 5.25 Å². The van der Waals surface area contributed by atoms with E-state index in [9.17, 15) is 8.42 Å². The Morgan fingerprint density at radius 3 is 2.57 bits per heavy atom. The van der Waals surface area contributed by atoms with Crippen LogP contribution in [-0.4, -0.2) is 33.4 Å².